The quantitative estimate of drug-likeness (QED) is 0.651. The van der Waals surface area contributed by atoms with Gasteiger partial charge in [0.1, 0.15) is 17.2 Å². The second-order valence-electron chi connectivity index (χ2n) is 6.67. The van der Waals surface area contributed by atoms with E-state index in [1.165, 1.54) is 28.3 Å². The van der Waals surface area contributed by atoms with Crippen LogP contribution in [0.3, 0.4) is 0 Å². The number of aromatic nitrogens is 2. The lowest BCUT2D eigenvalue weighted by atomic mass is 10.2. The zero-order valence-corrected chi connectivity index (χ0v) is 16.5. The minimum Gasteiger partial charge on any atom is -0.339 e. The van der Waals surface area contributed by atoms with Gasteiger partial charge in [-0.3, -0.25) is 19.1 Å². The van der Waals surface area contributed by atoms with Gasteiger partial charge in [-0.1, -0.05) is 17.7 Å². The average Bonchev–Trinajstić information content (AvgIpc) is 3.17. The number of amides is 1. The first-order valence-corrected chi connectivity index (χ1v) is 10.1. The lowest BCUT2D eigenvalue weighted by molar-refractivity contribution is -0.133. The summed E-state index contributed by atoms with van der Waals surface area (Å²) in [6, 6.07) is 6.39. The summed E-state index contributed by atoms with van der Waals surface area (Å²) in [6.07, 6.45) is 1.43. The molecule has 0 spiro atoms. The summed E-state index contributed by atoms with van der Waals surface area (Å²) in [7, 11) is 0. The van der Waals surface area contributed by atoms with E-state index in [2.05, 4.69) is 9.88 Å². The molecule has 1 fully saturated rings. The molecule has 0 N–H and O–H groups in total. The maximum absolute atomic E-state index is 14.0. The molecule has 3 aromatic rings. The minimum absolute atomic E-state index is 0.0310. The van der Waals surface area contributed by atoms with Gasteiger partial charge in [0.15, 0.2) is 0 Å². The zero-order chi connectivity index (χ0) is 19.7. The van der Waals surface area contributed by atoms with Crippen LogP contribution in [0.5, 0.6) is 0 Å². The Balaban J connectivity index is 1.37. The summed E-state index contributed by atoms with van der Waals surface area (Å²) >= 11 is 7.50. The third-order valence-electron chi connectivity index (χ3n) is 4.92. The highest BCUT2D eigenvalue weighted by atomic mass is 35.5. The third kappa shape index (κ3) is 3.80. The van der Waals surface area contributed by atoms with Crippen LogP contribution in [0.15, 0.2) is 40.8 Å². The Labute approximate surface area is 169 Å². The highest BCUT2D eigenvalue weighted by Crippen LogP contribution is 2.21. The van der Waals surface area contributed by atoms with Crippen LogP contribution in [-0.2, 0) is 17.9 Å². The van der Waals surface area contributed by atoms with Crippen molar-refractivity contribution < 1.29 is 9.18 Å². The molecule has 4 rings (SSSR count). The minimum atomic E-state index is -0.318. The lowest BCUT2D eigenvalue weighted by Crippen LogP contribution is -2.49. The first-order valence-electron chi connectivity index (χ1n) is 8.88. The molecule has 0 aliphatic carbocycles. The van der Waals surface area contributed by atoms with Gasteiger partial charge in [0.05, 0.1) is 11.7 Å². The van der Waals surface area contributed by atoms with Crippen LogP contribution in [0, 0.1) is 5.82 Å². The highest BCUT2D eigenvalue weighted by Gasteiger charge is 2.23. The number of halogens is 2. The maximum Gasteiger partial charge on any atom is 0.262 e. The number of carbonyl (C=O) groups is 1. The fourth-order valence-corrected chi connectivity index (χ4v) is 4.26. The van der Waals surface area contributed by atoms with Crippen molar-refractivity contribution in [2.24, 2.45) is 0 Å². The van der Waals surface area contributed by atoms with E-state index in [9.17, 15) is 14.0 Å². The van der Waals surface area contributed by atoms with Crippen molar-refractivity contribution in [1.82, 2.24) is 19.4 Å². The van der Waals surface area contributed by atoms with Gasteiger partial charge in [-0.15, -0.1) is 11.3 Å². The van der Waals surface area contributed by atoms with Crippen molar-refractivity contribution in [3.63, 3.8) is 0 Å². The molecule has 0 unspecified atom stereocenters. The smallest absolute Gasteiger partial charge is 0.262 e. The summed E-state index contributed by atoms with van der Waals surface area (Å²) in [5.74, 6) is -0.441. The van der Waals surface area contributed by atoms with E-state index >= 15 is 0 Å². The highest BCUT2D eigenvalue weighted by molar-refractivity contribution is 7.16. The Morgan fingerprint density at radius 2 is 2.00 bits per heavy atom. The Morgan fingerprint density at radius 3 is 2.75 bits per heavy atom. The van der Waals surface area contributed by atoms with E-state index in [0.717, 1.165) is 0 Å². The molecule has 9 heteroatoms. The van der Waals surface area contributed by atoms with E-state index in [-0.39, 0.29) is 23.8 Å². The molecule has 0 saturated carbocycles. The monoisotopic (exact) mass is 420 g/mol. The Hall–Kier alpha value is -2.29. The first-order chi connectivity index (χ1) is 13.5. The number of rotatable bonds is 4. The Morgan fingerprint density at radius 1 is 1.21 bits per heavy atom. The molecular weight excluding hydrogens is 403 g/mol. The van der Waals surface area contributed by atoms with Crippen LogP contribution in [0.2, 0.25) is 5.02 Å². The summed E-state index contributed by atoms with van der Waals surface area (Å²) in [5, 5.41) is 2.76. The van der Waals surface area contributed by atoms with Gasteiger partial charge in [-0.2, -0.15) is 0 Å². The topological polar surface area (TPSA) is 58.4 Å². The molecule has 146 valence electrons. The normalized spacial score (nSPS) is 15.3. The van der Waals surface area contributed by atoms with Crippen molar-refractivity contribution in [3.8, 4) is 0 Å². The number of hydrogen-bond donors (Lipinski definition) is 0. The first kappa shape index (κ1) is 19.0. The molecule has 0 bridgehead atoms. The predicted molar refractivity (Wildman–Crippen MR) is 107 cm³/mol. The number of fused-ring (bicyclic) bond motifs is 1. The van der Waals surface area contributed by atoms with Gasteiger partial charge < -0.3 is 4.90 Å². The van der Waals surface area contributed by atoms with Gasteiger partial charge in [0.2, 0.25) is 5.91 Å². The fraction of sp³-hybridized carbons (Fsp3) is 0.316. The summed E-state index contributed by atoms with van der Waals surface area (Å²) in [6.45, 7) is 2.66. The number of hydrogen-bond acceptors (Lipinski definition) is 5. The van der Waals surface area contributed by atoms with Gasteiger partial charge in [-0.05, 0) is 23.6 Å². The van der Waals surface area contributed by atoms with Crippen molar-refractivity contribution in [2.75, 3.05) is 26.2 Å². The number of nitrogens with zero attached hydrogens (tertiary/aromatic N) is 4. The van der Waals surface area contributed by atoms with E-state index in [4.69, 9.17) is 11.6 Å². The van der Waals surface area contributed by atoms with Gasteiger partial charge >= 0.3 is 0 Å². The van der Waals surface area contributed by atoms with Crippen molar-refractivity contribution in [1.29, 1.82) is 0 Å². The van der Waals surface area contributed by atoms with Crippen molar-refractivity contribution >= 4 is 39.1 Å². The molecule has 3 heterocycles. The van der Waals surface area contributed by atoms with E-state index in [0.29, 0.717) is 53.5 Å². The Bertz CT molecular complexity index is 1050. The van der Waals surface area contributed by atoms with Crippen LogP contribution >= 0.6 is 22.9 Å². The molecule has 28 heavy (non-hydrogen) atoms. The molecule has 2 aromatic heterocycles. The molecule has 0 atom stereocenters. The molecule has 1 aliphatic heterocycles. The zero-order valence-electron chi connectivity index (χ0n) is 15.0. The molecule has 1 saturated heterocycles. The fourth-order valence-electron chi connectivity index (χ4n) is 3.31. The summed E-state index contributed by atoms with van der Waals surface area (Å²) in [4.78, 5) is 33.7. The predicted octanol–water partition coefficient (Wildman–Crippen LogP) is 2.59. The number of piperazine rings is 1. The van der Waals surface area contributed by atoms with Crippen LogP contribution in [0.1, 0.15) is 5.56 Å². The third-order valence-corrected chi connectivity index (χ3v) is 6.10. The maximum atomic E-state index is 14.0. The van der Waals surface area contributed by atoms with E-state index < -0.39 is 0 Å². The number of thiophene rings is 1. The molecular formula is C19H18ClFN4O2S. The SMILES string of the molecule is O=C(Cn1cnc2sccc2c1=O)N1CCN(Cc2c(F)cccc2Cl)CC1. The molecule has 1 amide bonds. The van der Waals surface area contributed by atoms with Crippen LogP contribution in [0.25, 0.3) is 10.2 Å². The molecule has 6 nitrogen and oxygen atoms in total. The van der Waals surface area contributed by atoms with Crippen molar-refractivity contribution in [3.05, 3.63) is 62.7 Å². The lowest BCUT2D eigenvalue weighted by Gasteiger charge is -2.35. The van der Waals surface area contributed by atoms with Crippen LogP contribution in [-0.4, -0.2) is 51.4 Å². The number of benzene rings is 1. The van der Waals surface area contributed by atoms with E-state index in [1.807, 2.05) is 5.38 Å². The van der Waals surface area contributed by atoms with Gasteiger partial charge in [0.25, 0.3) is 5.56 Å². The number of carbonyl (C=O) groups excluding carboxylic acids is 1. The van der Waals surface area contributed by atoms with Crippen LogP contribution in [0.4, 0.5) is 4.39 Å². The molecule has 0 radical (unpaired) electrons. The molecule has 1 aromatic carbocycles. The van der Waals surface area contributed by atoms with Crippen LogP contribution < -0.4 is 5.56 Å². The van der Waals surface area contributed by atoms with Gasteiger partial charge in [0, 0.05) is 43.3 Å². The average molecular weight is 421 g/mol. The second-order valence-corrected chi connectivity index (χ2v) is 7.98. The second kappa shape index (κ2) is 7.98. The largest absolute Gasteiger partial charge is 0.339 e. The summed E-state index contributed by atoms with van der Waals surface area (Å²) in [5.41, 5.74) is 0.276. The van der Waals surface area contributed by atoms with Gasteiger partial charge in [-0.25, -0.2) is 9.37 Å². The van der Waals surface area contributed by atoms with E-state index in [1.54, 1.807) is 23.1 Å². The van der Waals surface area contributed by atoms with Crippen molar-refractivity contribution in [2.45, 2.75) is 13.1 Å². The summed E-state index contributed by atoms with van der Waals surface area (Å²) < 4.78 is 15.3. The molecule has 1 aliphatic rings. The standard InChI is InChI=1S/C19H18ClFN4O2S/c20-15-2-1-3-16(21)14(15)10-23-5-7-24(8-6-23)17(26)11-25-12-22-18-13(19(25)27)4-9-28-18/h1-4,9,12H,5-8,10-11H2. The Kier molecular flexibility index (Phi) is 5.43.